The average Bonchev–Trinajstić information content (AvgIpc) is 3.05. The van der Waals surface area contributed by atoms with Crippen LogP contribution in [0.15, 0.2) is 0 Å². The molecule has 1 N–H and O–H groups in total. The van der Waals surface area contributed by atoms with Gasteiger partial charge in [-0.25, -0.2) is 0 Å². The second kappa shape index (κ2) is 12.2. The van der Waals surface area contributed by atoms with Crippen molar-refractivity contribution < 1.29 is 57.2 Å². The molecule has 3 amide bonds. The highest BCUT2D eigenvalue weighted by Crippen LogP contribution is 2.28. The third kappa shape index (κ3) is 8.02. The minimum atomic E-state index is -1.52. The van der Waals surface area contributed by atoms with Crippen LogP contribution in [0.25, 0.3) is 0 Å². The van der Waals surface area contributed by atoms with Crippen molar-refractivity contribution in [3.05, 3.63) is 0 Å². The molecule has 14 heteroatoms. The van der Waals surface area contributed by atoms with E-state index >= 15 is 0 Å². The Morgan fingerprint density at radius 1 is 0.857 bits per heavy atom. The first-order valence-corrected chi connectivity index (χ1v) is 10.8. The molecule has 194 valence electrons. The molecule has 2 aliphatic rings. The Labute approximate surface area is 200 Å². The van der Waals surface area contributed by atoms with Crippen LogP contribution in [0.5, 0.6) is 0 Å². The normalized spacial score (nSPS) is 26.1. The lowest BCUT2D eigenvalue weighted by atomic mass is 9.96. The number of amides is 3. The van der Waals surface area contributed by atoms with E-state index in [1.165, 1.54) is 0 Å². The summed E-state index contributed by atoms with van der Waals surface area (Å²) in [5.74, 6) is -4.57. The summed E-state index contributed by atoms with van der Waals surface area (Å²) < 4.78 is 26.3. The number of ether oxygens (including phenoxy) is 5. The molecule has 2 heterocycles. The van der Waals surface area contributed by atoms with Crippen molar-refractivity contribution in [2.24, 2.45) is 0 Å². The fourth-order valence-electron chi connectivity index (χ4n) is 3.66. The van der Waals surface area contributed by atoms with E-state index in [-0.39, 0.29) is 25.8 Å². The molecule has 0 aromatic heterocycles. The van der Waals surface area contributed by atoms with Crippen molar-refractivity contribution in [3.8, 4) is 0 Å². The topological polar surface area (TPSA) is 181 Å². The summed E-state index contributed by atoms with van der Waals surface area (Å²) in [5, 5.41) is 2.51. The largest absolute Gasteiger partial charge is 0.463 e. The van der Waals surface area contributed by atoms with Gasteiger partial charge >= 0.3 is 23.9 Å². The zero-order valence-electron chi connectivity index (χ0n) is 19.8. The number of rotatable bonds is 9. The Bertz CT molecular complexity index is 872. The molecule has 5 unspecified atom stereocenters. The smallest absolute Gasteiger partial charge is 0.305 e. The highest BCUT2D eigenvalue weighted by Gasteiger charge is 2.52. The zero-order chi connectivity index (χ0) is 26.3. The van der Waals surface area contributed by atoms with E-state index in [1.807, 2.05) is 0 Å². The van der Waals surface area contributed by atoms with Gasteiger partial charge in [-0.2, -0.15) is 0 Å². The summed E-state index contributed by atoms with van der Waals surface area (Å²) in [6.07, 6.45) is -5.68. The van der Waals surface area contributed by atoms with Crippen LogP contribution in [0, 0.1) is 0 Å². The van der Waals surface area contributed by atoms with Gasteiger partial charge in [0.1, 0.15) is 18.8 Å². The maximum atomic E-state index is 12.7. The van der Waals surface area contributed by atoms with Crippen LogP contribution in [0.1, 0.15) is 47.0 Å². The quantitative estimate of drug-likeness (QED) is 0.225. The van der Waals surface area contributed by atoms with Crippen LogP contribution in [-0.2, 0) is 57.2 Å². The predicted molar refractivity (Wildman–Crippen MR) is 111 cm³/mol. The number of nitrogens with one attached hydrogen (secondary N) is 1. The standard InChI is InChI=1S/C21H28N2O12/c1-10(24)31-9-14-19(32-11(2)25)20(33-12(3)26)18(21(35-14)34-13(4)27)22-15(28)7-8-23-16(29)5-6-17(23)30/h14,18-21H,5-9H2,1-4H3,(H,22,28). The van der Waals surface area contributed by atoms with Crippen LogP contribution in [-0.4, -0.2) is 90.3 Å². The van der Waals surface area contributed by atoms with Crippen LogP contribution in [0.3, 0.4) is 0 Å². The molecule has 0 aromatic carbocycles. The average molecular weight is 500 g/mol. The molecule has 0 bridgehead atoms. The summed E-state index contributed by atoms with van der Waals surface area (Å²) >= 11 is 0. The van der Waals surface area contributed by atoms with Gasteiger partial charge in [-0.1, -0.05) is 0 Å². The van der Waals surface area contributed by atoms with E-state index < -0.39 is 78.8 Å². The summed E-state index contributed by atoms with van der Waals surface area (Å²) in [6.45, 7) is 3.75. The minimum absolute atomic E-state index is 0.0633. The van der Waals surface area contributed by atoms with Crippen molar-refractivity contribution in [1.82, 2.24) is 10.2 Å². The molecular weight excluding hydrogens is 472 g/mol. The van der Waals surface area contributed by atoms with Crippen molar-refractivity contribution >= 4 is 41.6 Å². The van der Waals surface area contributed by atoms with Gasteiger partial charge in [0.2, 0.25) is 24.0 Å². The third-order valence-corrected chi connectivity index (χ3v) is 5.03. The lowest BCUT2D eigenvalue weighted by Crippen LogP contribution is -2.67. The number of likely N-dealkylation sites (tertiary alicyclic amines) is 1. The monoisotopic (exact) mass is 500 g/mol. The number of esters is 4. The van der Waals surface area contributed by atoms with Gasteiger partial charge in [0.05, 0.1) is 0 Å². The molecule has 35 heavy (non-hydrogen) atoms. The first-order valence-electron chi connectivity index (χ1n) is 10.8. The molecule has 0 radical (unpaired) electrons. The lowest BCUT2D eigenvalue weighted by Gasteiger charge is -2.44. The van der Waals surface area contributed by atoms with Crippen molar-refractivity contribution in [2.75, 3.05) is 13.2 Å². The first kappa shape index (κ1) is 27.7. The van der Waals surface area contributed by atoms with E-state index in [2.05, 4.69) is 5.32 Å². The number of hydrogen-bond donors (Lipinski definition) is 1. The fourth-order valence-corrected chi connectivity index (χ4v) is 3.66. The third-order valence-electron chi connectivity index (χ3n) is 5.03. The number of nitrogens with zero attached hydrogens (tertiary/aromatic N) is 1. The number of imide groups is 1. The number of carbonyl (C=O) groups excluding carboxylic acids is 7. The van der Waals surface area contributed by atoms with E-state index in [4.69, 9.17) is 23.7 Å². The van der Waals surface area contributed by atoms with Gasteiger partial charge in [-0.3, -0.25) is 38.5 Å². The van der Waals surface area contributed by atoms with Gasteiger partial charge in [-0.05, 0) is 0 Å². The molecule has 2 saturated heterocycles. The van der Waals surface area contributed by atoms with Gasteiger partial charge in [0.15, 0.2) is 12.2 Å². The van der Waals surface area contributed by atoms with E-state index in [0.29, 0.717) is 0 Å². The van der Waals surface area contributed by atoms with Gasteiger partial charge in [-0.15, -0.1) is 0 Å². The second-order valence-corrected chi connectivity index (χ2v) is 7.89. The summed E-state index contributed by atoms with van der Waals surface area (Å²) in [7, 11) is 0. The summed E-state index contributed by atoms with van der Waals surface area (Å²) in [5.41, 5.74) is 0. The number of carbonyl (C=O) groups is 7. The van der Waals surface area contributed by atoms with Crippen LogP contribution in [0.4, 0.5) is 0 Å². The van der Waals surface area contributed by atoms with Crippen molar-refractivity contribution in [2.45, 2.75) is 77.6 Å². The highest BCUT2D eigenvalue weighted by molar-refractivity contribution is 6.02. The summed E-state index contributed by atoms with van der Waals surface area (Å²) in [4.78, 5) is 83.8. The van der Waals surface area contributed by atoms with Crippen LogP contribution >= 0.6 is 0 Å². The van der Waals surface area contributed by atoms with Crippen molar-refractivity contribution in [1.29, 1.82) is 0 Å². The molecule has 0 aliphatic carbocycles. The molecule has 0 aromatic rings. The Hall–Kier alpha value is -3.55. The Balaban J connectivity index is 2.29. The second-order valence-electron chi connectivity index (χ2n) is 7.89. The first-order chi connectivity index (χ1) is 16.4. The van der Waals surface area contributed by atoms with Crippen LogP contribution < -0.4 is 5.32 Å². The maximum Gasteiger partial charge on any atom is 0.305 e. The molecule has 14 nitrogen and oxygen atoms in total. The van der Waals surface area contributed by atoms with Crippen molar-refractivity contribution in [3.63, 3.8) is 0 Å². The van der Waals surface area contributed by atoms with E-state index in [1.54, 1.807) is 0 Å². The van der Waals surface area contributed by atoms with Crippen LogP contribution in [0.2, 0.25) is 0 Å². The number of hydrogen-bond acceptors (Lipinski definition) is 12. The Morgan fingerprint density at radius 2 is 1.40 bits per heavy atom. The SMILES string of the molecule is CC(=O)OCC1OC(OC(C)=O)C(NC(=O)CCN2C(=O)CCC2=O)C(OC(C)=O)C1OC(C)=O. The molecule has 5 atom stereocenters. The minimum Gasteiger partial charge on any atom is -0.463 e. The van der Waals surface area contributed by atoms with E-state index in [9.17, 15) is 33.6 Å². The molecule has 0 saturated carbocycles. The van der Waals surface area contributed by atoms with Gasteiger partial charge in [0.25, 0.3) is 0 Å². The lowest BCUT2D eigenvalue weighted by molar-refractivity contribution is -0.271. The fraction of sp³-hybridized carbons (Fsp3) is 0.667. The molecule has 0 spiro atoms. The Morgan fingerprint density at radius 3 is 1.91 bits per heavy atom. The summed E-state index contributed by atoms with van der Waals surface area (Å²) in [6, 6.07) is -1.35. The molecule has 2 aliphatic heterocycles. The zero-order valence-corrected chi connectivity index (χ0v) is 19.8. The van der Waals surface area contributed by atoms with E-state index in [0.717, 1.165) is 32.6 Å². The van der Waals surface area contributed by atoms with Gasteiger partial charge in [0, 0.05) is 53.5 Å². The highest BCUT2D eigenvalue weighted by atomic mass is 16.7. The van der Waals surface area contributed by atoms with Gasteiger partial charge < -0.3 is 29.0 Å². The Kier molecular flexibility index (Phi) is 9.68. The maximum absolute atomic E-state index is 12.7. The molecular formula is C21H28N2O12. The molecule has 2 fully saturated rings. The predicted octanol–water partition coefficient (Wildman–Crippen LogP) is -1.28. The molecule has 2 rings (SSSR count).